The first-order valence-corrected chi connectivity index (χ1v) is 12.9. The average Bonchev–Trinajstić information content (AvgIpc) is 2.83. The molecule has 3 heterocycles. The largest absolute Gasteiger partial charge is 1.00 e. The fourth-order valence-corrected chi connectivity index (χ4v) is 4.93. The van der Waals surface area contributed by atoms with E-state index in [2.05, 4.69) is 5.32 Å². The van der Waals surface area contributed by atoms with Gasteiger partial charge in [-0.3, -0.25) is 10.1 Å². The topological polar surface area (TPSA) is 73.9 Å². The summed E-state index contributed by atoms with van der Waals surface area (Å²) in [5.74, 6) is 1.39. The minimum Gasteiger partial charge on any atom is -1.00 e. The summed E-state index contributed by atoms with van der Waals surface area (Å²) in [6, 6.07) is 19.2. The number of hydrogen-bond donors (Lipinski definition) is 1. The van der Waals surface area contributed by atoms with Gasteiger partial charge in [-0.25, -0.2) is 4.79 Å². The third-order valence-electron chi connectivity index (χ3n) is 6.57. The van der Waals surface area contributed by atoms with E-state index in [0.717, 1.165) is 42.0 Å². The van der Waals surface area contributed by atoms with Crippen molar-refractivity contribution < 1.29 is 45.3 Å². The van der Waals surface area contributed by atoms with Crippen LogP contribution in [0.15, 0.2) is 60.7 Å². The number of hydrogen-bond acceptors (Lipinski definition) is 5. The number of quaternary nitrogens is 1. The van der Waals surface area contributed by atoms with Crippen molar-refractivity contribution in [3.63, 3.8) is 0 Å². The van der Waals surface area contributed by atoms with E-state index >= 15 is 0 Å². The number of benzene rings is 2. The summed E-state index contributed by atoms with van der Waals surface area (Å²) in [5, 5.41) is 2.64. The molecule has 204 valence electrons. The predicted molar refractivity (Wildman–Crippen MR) is 141 cm³/mol. The molecule has 0 aromatic heterocycles. The molecule has 1 amide bonds. The molecule has 1 atom stereocenters. The van der Waals surface area contributed by atoms with E-state index in [9.17, 15) is 9.59 Å². The van der Waals surface area contributed by atoms with Gasteiger partial charge in [0.15, 0.2) is 6.10 Å². The van der Waals surface area contributed by atoms with Crippen LogP contribution in [-0.4, -0.2) is 61.0 Å². The van der Waals surface area contributed by atoms with E-state index < -0.39 is 11.7 Å². The summed E-state index contributed by atoms with van der Waals surface area (Å²) in [5.41, 5.74) is 0.278. The highest BCUT2D eigenvalue weighted by Gasteiger charge is 2.46. The van der Waals surface area contributed by atoms with Crippen molar-refractivity contribution in [1.82, 2.24) is 0 Å². The van der Waals surface area contributed by atoms with Gasteiger partial charge in [0, 0.05) is 37.8 Å². The highest BCUT2D eigenvalue weighted by molar-refractivity contribution is 5.84. The summed E-state index contributed by atoms with van der Waals surface area (Å²) in [4.78, 5) is 22.6. The van der Waals surface area contributed by atoms with E-state index in [1.165, 1.54) is 32.9 Å². The van der Waals surface area contributed by atoms with Crippen LogP contribution in [0.25, 0.3) is 0 Å². The molecule has 3 saturated heterocycles. The molecule has 2 bridgehead atoms. The molecule has 0 radical (unpaired) electrons. The lowest BCUT2D eigenvalue weighted by molar-refractivity contribution is -0.946. The van der Waals surface area contributed by atoms with Crippen LogP contribution in [0.4, 0.5) is 10.5 Å². The van der Waals surface area contributed by atoms with Crippen LogP contribution in [0.2, 0.25) is 0 Å². The van der Waals surface area contributed by atoms with Gasteiger partial charge >= 0.3 is 12.1 Å². The molecule has 0 spiro atoms. The minimum absolute atomic E-state index is 0. The number of halogens is 1. The Hall–Kier alpha value is -2.58. The quantitative estimate of drug-likeness (QED) is 0.311. The summed E-state index contributed by atoms with van der Waals surface area (Å²) in [7, 11) is 0. The Bertz CT molecular complexity index is 957. The highest BCUT2D eigenvalue weighted by atomic mass is 79.9. The maximum absolute atomic E-state index is 11.3. The molecule has 3 aliphatic rings. The number of ether oxygens (including phenoxy) is 3. The van der Waals surface area contributed by atoms with Gasteiger partial charge in [0.05, 0.1) is 26.2 Å². The van der Waals surface area contributed by atoms with Crippen molar-refractivity contribution in [1.29, 1.82) is 0 Å². The summed E-state index contributed by atoms with van der Waals surface area (Å²) in [6.45, 7) is 12.3. The number of para-hydroxylation sites is 2. The number of carbonyl (C=O) groups is 2. The molecule has 3 fully saturated rings. The predicted octanol–water partition coefficient (Wildman–Crippen LogP) is 2.67. The number of nitrogens with one attached hydrogen (secondary N) is 1. The third-order valence-corrected chi connectivity index (χ3v) is 6.57. The number of nitrogens with zero attached hydrogens (tertiary/aromatic N) is 1. The van der Waals surface area contributed by atoms with Gasteiger partial charge in [0.2, 0.25) is 0 Å². The molecule has 2 aromatic carbocycles. The SMILES string of the molecule is CC(=O)O[C@H]1C[N+]2(CCCOc3ccccc3)CCC1CC2.CC(C)(C)OC(=O)Nc1ccccc1.[Br-]. The lowest BCUT2D eigenvalue weighted by Gasteiger charge is -2.52. The van der Waals surface area contributed by atoms with Crippen molar-refractivity contribution in [2.45, 2.75) is 58.7 Å². The standard InChI is InChI=1S/C18H26NO3.C11H15NO2.BrH/c1-15(20)22-18-14-19(11-8-16(18)9-12-19)10-5-13-21-17-6-3-2-4-7-17;1-11(2,3)14-10(13)12-9-7-5-4-6-8-9;/h2-4,6-7,16,18H,5,8-14H2,1H3;4-8H,1-3H3,(H,12,13);1H/q+1;;/p-1/t16?,18-,19?;;/m0../s1. The van der Waals surface area contributed by atoms with E-state index in [-0.39, 0.29) is 29.1 Å². The second kappa shape index (κ2) is 14.4. The molecule has 37 heavy (non-hydrogen) atoms. The van der Waals surface area contributed by atoms with Crippen molar-refractivity contribution in [3.05, 3.63) is 60.7 Å². The van der Waals surface area contributed by atoms with Crippen molar-refractivity contribution >= 4 is 17.7 Å². The van der Waals surface area contributed by atoms with Crippen LogP contribution in [-0.2, 0) is 14.3 Å². The molecule has 1 N–H and O–H groups in total. The average molecular weight is 578 g/mol. The number of rotatable bonds is 7. The normalized spacial score (nSPS) is 21.9. The number of amides is 1. The Morgan fingerprint density at radius 3 is 2.14 bits per heavy atom. The Balaban J connectivity index is 0.000000280. The molecule has 8 heteroatoms. The first-order valence-electron chi connectivity index (χ1n) is 12.9. The molecule has 0 aliphatic carbocycles. The van der Waals surface area contributed by atoms with E-state index in [1.807, 2.05) is 81.4 Å². The monoisotopic (exact) mass is 576 g/mol. The summed E-state index contributed by atoms with van der Waals surface area (Å²) < 4.78 is 17.5. The second-order valence-corrected chi connectivity index (χ2v) is 10.7. The first-order chi connectivity index (χ1) is 17.1. The molecule has 2 aromatic rings. The third kappa shape index (κ3) is 10.7. The van der Waals surface area contributed by atoms with Crippen molar-refractivity contribution in [3.8, 4) is 5.75 Å². The van der Waals surface area contributed by atoms with Crippen LogP contribution in [0.1, 0.15) is 47.0 Å². The van der Waals surface area contributed by atoms with Crippen LogP contribution in [0.3, 0.4) is 0 Å². The lowest BCUT2D eigenvalue weighted by Crippen LogP contribution is -3.00. The van der Waals surface area contributed by atoms with E-state index in [0.29, 0.717) is 5.92 Å². The fourth-order valence-electron chi connectivity index (χ4n) is 4.93. The van der Waals surface area contributed by atoms with Gasteiger partial charge < -0.3 is 35.7 Å². The zero-order valence-electron chi connectivity index (χ0n) is 22.5. The van der Waals surface area contributed by atoms with Gasteiger partial charge in [0.1, 0.15) is 17.9 Å². The van der Waals surface area contributed by atoms with E-state index in [1.54, 1.807) is 0 Å². The molecule has 0 unspecified atom stereocenters. The molecule has 3 aliphatic heterocycles. The summed E-state index contributed by atoms with van der Waals surface area (Å²) in [6.07, 6.45) is 3.14. The van der Waals surface area contributed by atoms with Gasteiger partial charge in [-0.1, -0.05) is 36.4 Å². The molecule has 0 saturated carbocycles. The molecule has 5 rings (SSSR count). The molecule has 7 nitrogen and oxygen atoms in total. The van der Waals surface area contributed by atoms with Gasteiger partial charge in [-0.05, 0) is 45.0 Å². The number of esters is 1. The molecular weight excluding hydrogens is 536 g/mol. The Morgan fingerprint density at radius 1 is 0.973 bits per heavy atom. The van der Waals surface area contributed by atoms with Crippen LogP contribution < -0.4 is 27.0 Å². The van der Waals surface area contributed by atoms with Gasteiger partial charge in [-0.15, -0.1) is 0 Å². The zero-order chi connectivity index (χ0) is 26.0. The van der Waals surface area contributed by atoms with Crippen LogP contribution in [0, 0.1) is 5.92 Å². The van der Waals surface area contributed by atoms with Gasteiger partial charge in [0.25, 0.3) is 0 Å². The minimum atomic E-state index is -0.459. The Kier molecular flexibility index (Phi) is 11.9. The van der Waals surface area contributed by atoms with Crippen molar-refractivity contribution in [2.24, 2.45) is 5.92 Å². The zero-order valence-corrected chi connectivity index (χ0v) is 24.0. The number of piperidine rings is 3. The summed E-state index contributed by atoms with van der Waals surface area (Å²) >= 11 is 0. The smallest absolute Gasteiger partial charge is 0.412 e. The van der Waals surface area contributed by atoms with Gasteiger partial charge in [-0.2, -0.15) is 0 Å². The number of anilines is 1. The second-order valence-electron chi connectivity index (χ2n) is 10.7. The maximum atomic E-state index is 11.3. The number of carbonyl (C=O) groups excluding carboxylic acids is 2. The van der Waals surface area contributed by atoms with Crippen molar-refractivity contribution in [2.75, 3.05) is 38.1 Å². The maximum Gasteiger partial charge on any atom is 0.412 e. The van der Waals surface area contributed by atoms with Crippen LogP contribution in [0.5, 0.6) is 5.75 Å². The number of fused-ring (bicyclic) bond motifs is 3. The lowest BCUT2D eigenvalue weighted by atomic mass is 9.83. The Morgan fingerprint density at radius 2 is 1.57 bits per heavy atom. The van der Waals surface area contributed by atoms with Crippen LogP contribution >= 0.6 is 0 Å². The Labute approximate surface area is 231 Å². The first kappa shape index (κ1) is 30.6. The highest BCUT2D eigenvalue weighted by Crippen LogP contribution is 2.35. The fraction of sp³-hybridized carbons (Fsp3) is 0.517. The van der Waals surface area contributed by atoms with E-state index in [4.69, 9.17) is 14.2 Å². The molecular formula is C29H41BrN2O5.